The van der Waals surface area contributed by atoms with Crippen LogP contribution in [-0.4, -0.2) is 46.4 Å². The van der Waals surface area contributed by atoms with Gasteiger partial charge in [0.2, 0.25) is 0 Å². The highest BCUT2D eigenvalue weighted by atomic mass is 16.5. The predicted octanol–water partition coefficient (Wildman–Crippen LogP) is 3.83. The molecule has 3 rings (SSSR count). The van der Waals surface area contributed by atoms with Gasteiger partial charge in [0.25, 0.3) is 5.91 Å². The van der Waals surface area contributed by atoms with Gasteiger partial charge in [-0.1, -0.05) is 25.5 Å². The van der Waals surface area contributed by atoms with Crippen molar-refractivity contribution in [1.82, 2.24) is 14.7 Å². The molecule has 2 aromatic rings. The monoisotopic (exact) mass is 355 g/mol. The third kappa shape index (κ3) is 3.54. The molecule has 1 aromatic heterocycles. The lowest BCUT2D eigenvalue weighted by Gasteiger charge is -2.35. The van der Waals surface area contributed by atoms with Crippen molar-refractivity contribution in [3.05, 3.63) is 41.2 Å². The van der Waals surface area contributed by atoms with E-state index in [0.717, 1.165) is 47.5 Å². The molecule has 5 heteroatoms. The highest BCUT2D eigenvalue weighted by molar-refractivity contribution is 5.96. The van der Waals surface area contributed by atoms with Crippen LogP contribution < -0.4 is 0 Å². The average molecular weight is 355 g/mol. The Balaban J connectivity index is 1.92. The highest BCUT2D eigenvalue weighted by Crippen LogP contribution is 2.28. The number of amides is 1. The zero-order chi connectivity index (χ0) is 18.7. The van der Waals surface area contributed by atoms with Crippen molar-refractivity contribution < 1.29 is 9.53 Å². The van der Waals surface area contributed by atoms with Crippen LogP contribution in [0.25, 0.3) is 11.1 Å². The van der Waals surface area contributed by atoms with E-state index in [1.807, 2.05) is 34.7 Å². The molecule has 5 nitrogen and oxygen atoms in total. The SMILES string of the molecule is CCC[C@@H]1COCCN1C(=O)c1cccc(-c2c(C)nn(CC)c2C)c1. The summed E-state index contributed by atoms with van der Waals surface area (Å²) in [6.45, 7) is 11.1. The van der Waals surface area contributed by atoms with Gasteiger partial charge in [-0.15, -0.1) is 0 Å². The molecule has 0 radical (unpaired) electrons. The molecule has 1 amide bonds. The quantitative estimate of drug-likeness (QED) is 0.819. The van der Waals surface area contributed by atoms with Crippen molar-refractivity contribution in [2.45, 2.75) is 53.1 Å². The van der Waals surface area contributed by atoms with Gasteiger partial charge in [0.05, 0.1) is 24.9 Å². The minimum atomic E-state index is 0.104. The largest absolute Gasteiger partial charge is 0.377 e. The summed E-state index contributed by atoms with van der Waals surface area (Å²) in [4.78, 5) is 15.1. The van der Waals surface area contributed by atoms with Gasteiger partial charge in [-0.25, -0.2) is 0 Å². The van der Waals surface area contributed by atoms with Crippen molar-refractivity contribution >= 4 is 5.91 Å². The Labute approximate surface area is 156 Å². The summed E-state index contributed by atoms with van der Waals surface area (Å²) in [6.07, 6.45) is 2.03. The fraction of sp³-hybridized carbons (Fsp3) is 0.524. The molecule has 0 saturated carbocycles. The van der Waals surface area contributed by atoms with E-state index in [-0.39, 0.29) is 11.9 Å². The number of nitrogens with zero attached hydrogens (tertiary/aromatic N) is 3. The van der Waals surface area contributed by atoms with Gasteiger partial charge in [0.1, 0.15) is 0 Å². The molecule has 1 aromatic carbocycles. The zero-order valence-corrected chi connectivity index (χ0v) is 16.3. The Morgan fingerprint density at radius 1 is 1.31 bits per heavy atom. The molecule has 0 N–H and O–H groups in total. The van der Waals surface area contributed by atoms with Gasteiger partial charge < -0.3 is 9.64 Å². The molecule has 1 saturated heterocycles. The van der Waals surface area contributed by atoms with E-state index in [4.69, 9.17) is 4.74 Å². The van der Waals surface area contributed by atoms with Crippen LogP contribution in [0.5, 0.6) is 0 Å². The predicted molar refractivity (Wildman–Crippen MR) is 103 cm³/mol. The first-order valence-corrected chi connectivity index (χ1v) is 9.60. The van der Waals surface area contributed by atoms with Gasteiger partial charge in [-0.2, -0.15) is 5.10 Å². The van der Waals surface area contributed by atoms with Crippen molar-refractivity contribution in [3.8, 4) is 11.1 Å². The Morgan fingerprint density at radius 2 is 2.12 bits per heavy atom. The highest BCUT2D eigenvalue weighted by Gasteiger charge is 2.27. The standard InChI is InChI=1S/C21H29N3O2/c1-5-8-19-14-26-12-11-23(19)21(25)18-10-7-9-17(13-18)20-15(3)22-24(6-2)16(20)4/h7,9-10,13,19H,5-6,8,11-12,14H2,1-4H3/t19-/m1/s1. The summed E-state index contributed by atoms with van der Waals surface area (Å²) in [5.74, 6) is 0.104. The minimum Gasteiger partial charge on any atom is -0.377 e. The van der Waals surface area contributed by atoms with Gasteiger partial charge in [0.15, 0.2) is 0 Å². The lowest BCUT2D eigenvalue weighted by atomic mass is 10.00. The number of benzene rings is 1. The van der Waals surface area contributed by atoms with Crippen molar-refractivity contribution in [2.24, 2.45) is 0 Å². The van der Waals surface area contributed by atoms with Crippen molar-refractivity contribution in [3.63, 3.8) is 0 Å². The van der Waals surface area contributed by atoms with Crippen LogP contribution in [0, 0.1) is 13.8 Å². The maximum Gasteiger partial charge on any atom is 0.254 e. The van der Waals surface area contributed by atoms with E-state index in [1.165, 1.54) is 0 Å². The molecule has 1 aliphatic rings. The molecule has 1 atom stereocenters. The summed E-state index contributed by atoms with van der Waals surface area (Å²) in [6, 6.07) is 8.14. The van der Waals surface area contributed by atoms with E-state index < -0.39 is 0 Å². The Bertz CT molecular complexity index is 780. The number of carbonyl (C=O) groups excluding carboxylic acids is 1. The van der Waals surface area contributed by atoms with Crippen molar-refractivity contribution in [2.75, 3.05) is 19.8 Å². The molecule has 0 bridgehead atoms. The molecule has 1 aliphatic heterocycles. The number of rotatable bonds is 5. The number of morpholine rings is 1. The topological polar surface area (TPSA) is 47.4 Å². The van der Waals surface area contributed by atoms with E-state index in [2.05, 4.69) is 31.9 Å². The Morgan fingerprint density at radius 3 is 2.81 bits per heavy atom. The van der Waals surface area contributed by atoms with Crippen molar-refractivity contribution in [1.29, 1.82) is 0 Å². The maximum atomic E-state index is 13.1. The smallest absolute Gasteiger partial charge is 0.254 e. The summed E-state index contributed by atoms with van der Waals surface area (Å²) >= 11 is 0. The Kier molecular flexibility index (Phi) is 5.77. The maximum absolute atomic E-state index is 13.1. The van der Waals surface area contributed by atoms with Gasteiger partial charge in [-0.3, -0.25) is 9.48 Å². The van der Waals surface area contributed by atoms with Gasteiger partial charge in [-0.05, 0) is 44.9 Å². The van der Waals surface area contributed by atoms with Gasteiger partial charge >= 0.3 is 0 Å². The summed E-state index contributed by atoms with van der Waals surface area (Å²) in [7, 11) is 0. The molecule has 140 valence electrons. The van der Waals surface area contributed by atoms with Gasteiger partial charge in [0, 0.05) is 29.9 Å². The molecule has 0 unspecified atom stereocenters. The van der Waals surface area contributed by atoms with Crippen LogP contribution >= 0.6 is 0 Å². The van der Waals surface area contributed by atoms with Crippen LogP contribution in [0.15, 0.2) is 24.3 Å². The number of aromatic nitrogens is 2. The fourth-order valence-electron chi connectivity index (χ4n) is 3.89. The first kappa shape index (κ1) is 18.6. The average Bonchev–Trinajstić information content (AvgIpc) is 2.95. The summed E-state index contributed by atoms with van der Waals surface area (Å²) in [5.41, 5.74) is 5.09. The van der Waals surface area contributed by atoms with Crippen LogP contribution in [0.2, 0.25) is 0 Å². The lowest BCUT2D eigenvalue weighted by Crippen LogP contribution is -2.48. The zero-order valence-electron chi connectivity index (χ0n) is 16.3. The van der Waals surface area contributed by atoms with E-state index >= 15 is 0 Å². The molecule has 0 spiro atoms. The third-order valence-corrected chi connectivity index (χ3v) is 5.19. The van der Waals surface area contributed by atoms with E-state index in [1.54, 1.807) is 0 Å². The second kappa shape index (κ2) is 8.04. The van der Waals surface area contributed by atoms with Crippen LogP contribution in [0.4, 0.5) is 0 Å². The molecule has 2 heterocycles. The van der Waals surface area contributed by atoms with Crippen LogP contribution in [0.1, 0.15) is 48.4 Å². The number of hydrogen-bond acceptors (Lipinski definition) is 3. The summed E-state index contributed by atoms with van der Waals surface area (Å²) < 4.78 is 7.60. The normalized spacial score (nSPS) is 17.5. The Hall–Kier alpha value is -2.14. The number of hydrogen-bond donors (Lipinski definition) is 0. The molecular formula is C21H29N3O2. The summed E-state index contributed by atoms with van der Waals surface area (Å²) in [5, 5.41) is 4.61. The molecule has 1 fully saturated rings. The minimum absolute atomic E-state index is 0.104. The van der Waals surface area contributed by atoms with Crippen LogP contribution in [-0.2, 0) is 11.3 Å². The second-order valence-corrected chi connectivity index (χ2v) is 6.96. The molecular weight excluding hydrogens is 326 g/mol. The first-order valence-electron chi connectivity index (χ1n) is 9.60. The fourth-order valence-corrected chi connectivity index (χ4v) is 3.89. The van der Waals surface area contributed by atoms with E-state index in [9.17, 15) is 4.79 Å². The second-order valence-electron chi connectivity index (χ2n) is 6.96. The number of carbonyl (C=O) groups is 1. The lowest BCUT2D eigenvalue weighted by molar-refractivity contribution is -0.00433. The number of aryl methyl sites for hydroxylation is 2. The molecule has 0 aliphatic carbocycles. The third-order valence-electron chi connectivity index (χ3n) is 5.19. The number of ether oxygens (including phenoxy) is 1. The van der Waals surface area contributed by atoms with E-state index in [0.29, 0.717) is 19.8 Å². The first-order chi connectivity index (χ1) is 12.6. The molecule has 26 heavy (non-hydrogen) atoms. The van der Waals surface area contributed by atoms with Crippen LogP contribution in [0.3, 0.4) is 0 Å².